The van der Waals surface area contributed by atoms with E-state index in [9.17, 15) is 23.6 Å². The molecule has 1 aromatic carbocycles. The maximum Gasteiger partial charge on any atom is 0.242 e. The van der Waals surface area contributed by atoms with Crippen molar-refractivity contribution < 1.29 is 23.6 Å². The zero-order valence-corrected chi connectivity index (χ0v) is 15.5. The van der Waals surface area contributed by atoms with Crippen LogP contribution in [0.5, 0.6) is 0 Å². The summed E-state index contributed by atoms with van der Waals surface area (Å²) in [5, 5.41) is 0. The Kier molecular flexibility index (Phi) is 4.87. The number of nitrogens with zero attached hydrogens (tertiary/aromatic N) is 3. The van der Waals surface area contributed by atoms with Crippen LogP contribution in [0.4, 0.5) is 4.39 Å². The second-order valence-corrected chi connectivity index (χ2v) is 7.58. The summed E-state index contributed by atoms with van der Waals surface area (Å²) in [5.41, 5.74) is 0.980. The molecular formula is C20H22FN3O4. The topological polar surface area (TPSA) is 78.0 Å². The summed E-state index contributed by atoms with van der Waals surface area (Å²) >= 11 is 0. The van der Waals surface area contributed by atoms with Gasteiger partial charge in [0.05, 0.1) is 0 Å². The van der Waals surface area contributed by atoms with E-state index in [2.05, 4.69) is 0 Å². The number of piperazine rings is 1. The average Bonchev–Trinajstić information content (AvgIpc) is 3.44. The van der Waals surface area contributed by atoms with Gasteiger partial charge in [-0.05, 0) is 30.0 Å². The first-order valence-electron chi connectivity index (χ1n) is 9.59. The quantitative estimate of drug-likeness (QED) is 0.715. The maximum absolute atomic E-state index is 13.0. The second kappa shape index (κ2) is 7.33. The number of imide groups is 1. The van der Waals surface area contributed by atoms with E-state index in [-0.39, 0.29) is 60.7 Å². The lowest BCUT2D eigenvalue weighted by molar-refractivity contribution is -0.147. The lowest BCUT2D eigenvalue weighted by Crippen LogP contribution is -2.53. The molecule has 8 heteroatoms. The number of carbonyl (C=O) groups is 4. The molecule has 2 aliphatic heterocycles. The van der Waals surface area contributed by atoms with Crippen molar-refractivity contribution in [1.29, 1.82) is 0 Å². The van der Waals surface area contributed by atoms with Crippen molar-refractivity contribution in [2.24, 2.45) is 5.92 Å². The molecule has 0 radical (unpaired) electrons. The van der Waals surface area contributed by atoms with Crippen molar-refractivity contribution in [2.45, 2.75) is 25.2 Å². The van der Waals surface area contributed by atoms with Crippen molar-refractivity contribution >= 4 is 23.6 Å². The molecule has 0 spiro atoms. The predicted molar refractivity (Wildman–Crippen MR) is 96.4 cm³/mol. The minimum absolute atomic E-state index is 0.0753. The molecule has 3 fully saturated rings. The molecule has 0 N–H and O–H groups in total. The normalized spacial score (nSPS) is 24.7. The van der Waals surface area contributed by atoms with Gasteiger partial charge < -0.3 is 9.80 Å². The number of likely N-dealkylation sites (tertiary alicyclic amines) is 1. The standard InChI is InChI=1S/C20H22FN3O4/c21-14-3-1-13(2-4-14)15-11-16(15)20(28)23-9-7-22(8-10-23)19(27)12-24-17(25)5-6-18(24)26/h1-4,15-16H,5-12H2/t15-,16+/m1/s1. The van der Waals surface area contributed by atoms with Gasteiger partial charge in [-0.2, -0.15) is 0 Å². The van der Waals surface area contributed by atoms with Crippen LogP contribution in [0.15, 0.2) is 24.3 Å². The zero-order valence-electron chi connectivity index (χ0n) is 15.5. The Morgan fingerprint density at radius 2 is 1.50 bits per heavy atom. The minimum Gasteiger partial charge on any atom is -0.339 e. The smallest absolute Gasteiger partial charge is 0.242 e. The third kappa shape index (κ3) is 3.63. The summed E-state index contributed by atoms with van der Waals surface area (Å²) in [6, 6.07) is 6.28. The van der Waals surface area contributed by atoms with E-state index >= 15 is 0 Å². The fraction of sp³-hybridized carbons (Fsp3) is 0.500. The molecule has 2 saturated heterocycles. The van der Waals surface area contributed by atoms with E-state index in [1.807, 2.05) is 0 Å². The predicted octanol–water partition coefficient (Wildman–Crippen LogP) is 0.749. The van der Waals surface area contributed by atoms with Crippen molar-refractivity contribution in [3.05, 3.63) is 35.6 Å². The Hall–Kier alpha value is -2.77. The largest absolute Gasteiger partial charge is 0.339 e. The van der Waals surface area contributed by atoms with Gasteiger partial charge in [-0.15, -0.1) is 0 Å². The minimum atomic E-state index is -0.298. The molecular weight excluding hydrogens is 365 g/mol. The first kappa shape index (κ1) is 18.6. The second-order valence-electron chi connectivity index (χ2n) is 7.58. The van der Waals surface area contributed by atoms with Gasteiger partial charge in [-0.25, -0.2) is 4.39 Å². The summed E-state index contributed by atoms with van der Waals surface area (Å²) < 4.78 is 13.0. The van der Waals surface area contributed by atoms with Gasteiger partial charge in [0.25, 0.3) is 0 Å². The van der Waals surface area contributed by atoms with Gasteiger partial charge in [-0.3, -0.25) is 24.1 Å². The third-order valence-electron chi connectivity index (χ3n) is 5.80. The van der Waals surface area contributed by atoms with Crippen LogP contribution >= 0.6 is 0 Å². The highest BCUT2D eigenvalue weighted by Gasteiger charge is 2.46. The highest BCUT2D eigenvalue weighted by atomic mass is 19.1. The van der Waals surface area contributed by atoms with Gasteiger partial charge in [0.1, 0.15) is 12.4 Å². The molecule has 1 aromatic rings. The molecule has 0 aromatic heterocycles. The molecule has 1 saturated carbocycles. The average molecular weight is 387 g/mol. The van der Waals surface area contributed by atoms with Crippen molar-refractivity contribution in [1.82, 2.24) is 14.7 Å². The number of halogens is 1. The highest BCUT2D eigenvalue weighted by molar-refractivity contribution is 6.04. The monoisotopic (exact) mass is 387 g/mol. The van der Waals surface area contributed by atoms with Crippen LogP contribution < -0.4 is 0 Å². The van der Waals surface area contributed by atoms with E-state index in [0.29, 0.717) is 26.2 Å². The molecule has 4 amide bonds. The van der Waals surface area contributed by atoms with Crippen LogP contribution in [-0.2, 0) is 19.2 Å². The molecule has 3 aliphatic rings. The van der Waals surface area contributed by atoms with Crippen LogP contribution in [0.25, 0.3) is 0 Å². The Balaban J connectivity index is 1.27. The van der Waals surface area contributed by atoms with E-state index in [1.54, 1.807) is 21.9 Å². The number of benzene rings is 1. The van der Waals surface area contributed by atoms with Crippen LogP contribution in [0.2, 0.25) is 0 Å². The SMILES string of the molecule is O=C(CN1C(=O)CCC1=O)N1CCN(C(=O)[C@H]2C[C@@H]2c2ccc(F)cc2)CC1. The third-order valence-corrected chi connectivity index (χ3v) is 5.80. The Labute approximate surface area is 162 Å². The van der Waals surface area contributed by atoms with Crippen LogP contribution in [-0.4, -0.2) is 71.1 Å². The molecule has 1 aliphatic carbocycles. The number of rotatable bonds is 4. The molecule has 2 atom stereocenters. The number of hydrogen-bond donors (Lipinski definition) is 0. The fourth-order valence-corrected chi connectivity index (χ4v) is 3.99. The molecule has 2 heterocycles. The molecule has 0 unspecified atom stereocenters. The van der Waals surface area contributed by atoms with Gasteiger partial charge >= 0.3 is 0 Å². The Morgan fingerprint density at radius 1 is 0.929 bits per heavy atom. The molecule has 4 rings (SSSR count). The van der Waals surface area contributed by atoms with E-state index < -0.39 is 0 Å². The van der Waals surface area contributed by atoms with Gasteiger partial charge in [0, 0.05) is 44.9 Å². The van der Waals surface area contributed by atoms with Crippen LogP contribution in [0.3, 0.4) is 0 Å². The van der Waals surface area contributed by atoms with E-state index in [0.717, 1.165) is 16.9 Å². The zero-order chi connectivity index (χ0) is 19.8. The number of hydrogen-bond acceptors (Lipinski definition) is 4. The number of amides is 4. The Bertz CT molecular complexity index is 801. The van der Waals surface area contributed by atoms with Gasteiger partial charge in [-0.1, -0.05) is 12.1 Å². The molecule has 28 heavy (non-hydrogen) atoms. The summed E-state index contributed by atoms with van der Waals surface area (Å²) in [4.78, 5) is 52.8. The van der Waals surface area contributed by atoms with Crippen LogP contribution in [0, 0.1) is 11.7 Å². The molecule has 0 bridgehead atoms. The fourth-order valence-electron chi connectivity index (χ4n) is 3.99. The van der Waals surface area contributed by atoms with E-state index in [1.165, 1.54) is 12.1 Å². The van der Waals surface area contributed by atoms with Crippen molar-refractivity contribution in [2.75, 3.05) is 32.7 Å². The number of carbonyl (C=O) groups excluding carboxylic acids is 4. The highest BCUT2D eigenvalue weighted by Crippen LogP contribution is 2.48. The lowest BCUT2D eigenvalue weighted by Gasteiger charge is -2.35. The molecule has 7 nitrogen and oxygen atoms in total. The summed E-state index contributed by atoms with van der Waals surface area (Å²) in [7, 11) is 0. The van der Waals surface area contributed by atoms with Gasteiger partial charge in [0.15, 0.2) is 0 Å². The first-order valence-corrected chi connectivity index (χ1v) is 9.59. The van der Waals surface area contributed by atoms with E-state index in [4.69, 9.17) is 0 Å². The summed E-state index contributed by atoms with van der Waals surface area (Å²) in [6.45, 7) is 1.47. The van der Waals surface area contributed by atoms with Crippen molar-refractivity contribution in [3.63, 3.8) is 0 Å². The first-order chi connectivity index (χ1) is 13.4. The summed E-state index contributed by atoms with van der Waals surface area (Å²) in [6.07, 6.45) is 1.11. The van der Waals surface area contributed by atoms with Gasteiger partial charge in [0.2, 0.25) is 23.6 Å². The summed E-state index contributed by atoms with van der Waals surface area (Å²) in [5.74, 6) is -1.00. The lowest BCUT2D eigenvalue weighted by atomic mass is 10.1. The van der Waals surface area contributed by atoms with Crippen LogP contribution in [0.1, 0.15) is 30.7 Å². The maximum atomic E-state index is 13.0. The Morgan fingerprint density at radius 3 is 2.11 bits per heavy atom. The van der Waals surface area contributed by atoms with Crippen molar-refractivity contribution in [3.8, 4) is 0 Å². The molecule has 148 valence electrons.